The van der Waals surface area contributed by atoms with Gasteiger partial charge in [-0.1, -0.05) is 39.0 Å². The highest BCUT2D eigenvalue weighted by Gasteiger charge is 2.06. The molecule has 0 saturated heterocycles. The number of ether oxygens (including phenoxy) is 1. The van der Waals surface area contributed by atoms with Gasteiger partial charge in [0.25, 0.3) is 0 Å². The molecule has 1 aromatic heterocycles. The van der Waals surface area contributed by atoms with Crippen molar-refractivity contribution in [3.63, 3.8) is 0 Å². The average Bonchev–Trinajstić information content (AvgIpc) is 2.43. The lowest BCUT2D eigenvalue weighted by atomic mass is 10.1. The highest BCUT2D eigenvalue weighted by Crippen LogP contribution is 2.10. The molecule has 0 N–H and O–H groups in total. The SMILES string of the molecule is CCCCCCCCC(=O)Cc1cc(OC)ncn1. The number of unbranched alkanes of at least 4 members (excludes halogenated alkanes) is 5. The number of aromatic nitrogens is 2. The average molecular weight is 264 g/mol. The molecule has 0 fully saturated rings. The molecular weight excluding hydrogens is 240 g/mol. The second-order valence-corrected chi connectivity index (χ2v) is 4.78. The topological polar surface area (TPSA) is 52.1 Å². The van der Waals surface area contributed by atoms with Crippen molar-refractivity contribution in [1.82, 2.24) is 9.97 Å². The normalized spacial score (nSPS) is 10.4. The molecular formula is C15H24N2O2. The van der Waals surface area contributed by atoms with Gasteiger partial charge in [-0.2, -0.15) is 0 Å². The largest absolute Gasteiger partial charge is 0.481 e. The molecule has 0 saturated carbocycles. The first-order valence-corrected chi connectivity index (χ1v) is 7.13. The van der Waals surface area contributed by atoms with E-state index in [0.29, 0.717) is 18.7 Å². The number of methoxy groups -OCH3 is 1. The maximum Gasteiger partial charge on any atom is 0.216 e. The van der Waals surface area contributed by atoms with Crippen LogP contribution in [0, 0.1) is 0 Å². The van der Waals surface area contributed by atoms with Crippen LogP contribution in [0.2, 0.25) is 0 Å². The number of hydrogen-bond acceptors (Lipinski definition) is 4. The van der Waals surface area contributed by atoms with E-state index in [2.05, 4.69) is 16.9 Å². The summed E-state index contributed by atoms with van der Waals surface area (Å²) in [5.41, 5.74) is 0.739. The summed E-state index contributed by atoms with van der Waals surface area (Å²) in [6, 6.07) is 1.72. The van der Waals surface area contributed by atoms with Crippen molar-refractivity contribution < 1.29 is 9.53 Å². The fourth-order valence-electron chi connectivity index (χ4n) is 1.98. The van der Waals surface area contributed by atoms with E-state index in [4.69, 9.17) is 4.74 Å². The highest BCUT2D eigenvalue weighted by molar-refractivity contribution is 5.80. The van der Waals surface area contributed by atoms with Gasteiger partial charge in [0.2, 0.25) is 5.88 Å². The summed E-state index contributed by atoms with van der Waals surface area (Å²) < 4.78 is 5.01. The Morgan fingerprint density at radius 2 is 1.89 bits per heavy atom. The van der Waals surface area contributed by atoms with Crippen LogP contribution >= 0.6 is 0 Å². The molecule has 106 valence electrons. The summed E-state index contributed by atoms with van der Waals surface area (Å²) >= 11 is 0. The van der Waals surface area contributed by atoms with Crippen LogP contribution in [0.3, 0.4) is 0 Å². The number of Topliss-reactive ketones (excluding diaryl/α,β-unsaturated/α-hetero) is 1. The van der Waals surface area contributed by atoms with Gasteiger partial charge in [0.05, 0.1) is 12.8 Å². The Morgan fingerprint density at radius 1 is 1.16 bits per heavy atom. The summed E-state index contributed by atoms with van der Waals surface area (Å²) in [4.78, 5) is 19.8. The molecule has 1 aromatic rings. The Balaban J connectivity index is 2.19. The van der Waals surface area contributed by atoms with Crippen molar-refractivity contribution in [2.45, 2.75) is 58.3 Å². The standard InChI is InChI=1S/C15H24N2O2/c1-3-4-5-6-7-8-9-14(18)10-13-11-15(19-2)17-12-16-13/h11-12H,3-10H2,1-2H3. The van der Waals surface area contributed by atoms with Gasteiger partial charge in [-0.25, -0.2) is 9.97 Å². The third-order valence-electron chi connectivity index (χ3n) is 3.10. The smallest absolute Gasteiger partial charge is 0.216 e. The molecule has 0 aromatic carbocycles. The molecule has 4 heteroatoms. The van der Waals surface area contributed by atoms with Gasteiger partial charge >= 0.3 is 0 Å². The van der Waals surface area contributed by atoms with E-state index in [1.54, 1.807) is 13.2 Å². The fraction of sp³-hybridized carbons (Fsp3) is 0.667. The van der Waals surface area contributed by atoms with E-state index in [-0.39, 0.29) is 5.78 Å². The summed E-state index contributed by atoms with van der Waals surface area (Å²) in [5.74, 6) is 0.758. The second-order valence-electron chi connectivity index (χ2n) is 4.78. The lowest BCUT2D eigenvalue weighted by Crippen LogP contribution is -2.05. The molecule has 0 aliphatic carbocycles. The number of hydrogen-bond donors (Lipinski definition) is 0. The van der Waals surface area contributed by atoms with Gasteiger partial charge in [-0.3, -0.25) is 4.79 Å². The van der Waals surface area contributed by atoms with Crippen molar-refractivity contribution in [3.8, 4) is 5.88 Å². The Hall–Kier alpha value is -1.45. The van der Waals surface area contributed by atoms with Gasteiger partial charge < -0.3 is 4.74 Å². The molecule has 19 heavy (non-hydrogen) atoms. The van der Waals surface area contributed by atoms with Gasteiger partial charge in [-0.05, 0) is 6.42 Å². The molecule has 0 radical (unpaired) electrons. The summed E-state index contributed by atoms with van der Waals surface area (Å²) in [6.07, 6.45) is 9.70. The second kappa shape index (κ2) is 9.48. The predicted octanol–water partition coefficient (Wildman–Crippen LogP) is 3.35. The van der Waals surface area contributed by atoms with Crippen LogP contribution < -0.4 is 4.74 Å². The zero-order valence-electron chi connectivity index (χ0n) is 12.0. The summed E-state index contributed by atoms with van der Waals surface area (Å²) in [7, 11) is 1.56. The van der Waals surface area contributed by atoms with Crippen molar-refractivity contribution >= 4 is 5.78 Å². The van der Waals surface area contributed by atoms with E-state index < -0.39 is 0 Å². The third kappa shape index (κ3) is 6.89. The Morgan fingerprint density at radius 3 is 2.63 bits per heavy atom. The number of carbonyl (C=O) groups excluding carboxylic acids is 1. The Kier molecular flexibility index (Phi) is 7.78. The minimum Gasteiger partial charge on any atom is -0.481 e. The lowest BCUT2D eigenvalue weighted by molar-refractivity contribution is -0.118. The molecule has 0 unspecified atom stereocenters. The number of rotatable bonds is 10. The van der Waals surface area contributed by atoms with Crippen molar-refractivity contribution in [2.75, 3.05) is 7.11 Å². The van der Waals surface area contributed by atoms with E-state index >= 15 is 0 Å². The van der Waals surface area contributed by atoms with Crippen molar-refractivity contribution in [2.24, 2.45) is 0 Å². The van der Waals surface area contributed by atoms with Crippen LogP contribution in [0.15, 0.2) is 12.4 Å². The first kappa shape index (κ1) is 15.6. The fourth-order valence-corrected chi connectivity index (χ4v) is 1.98. The van der Waals surface area contributed by atoms with Crippen LogP contribution in [0.4, 0.5) is 0 Å². The number of nitrogens with zero attached hydrogens (tertiary/aromatic N) is 2. The molecule has 0 aliphatic rings. The molecule has 0 aliphatic heterocycles. The minimum absolute atomic E-state index is 0.247. The quantitative estimate of drug-likeness (QED) is 0.608. The Bertz CT molecular complexity index is 380. The van der Waals surface area contributed by atoms with E-state index in [1.807, 2.05) is 0 Å². The summed E-state index contributed by atoms with van der Waals surface area (Å²) in [5, 5.41) is 0. The van der Waals surface area contributed by atoms with Gasteiger partial charge in [0.15, 0.2) is 0 Å². The van der Waals surface area contributed by atoms with Gasteiger partial charge in [-0.15, -0.1) is 0 Å². The summed E-state index contributed by atoms with van der Waals surface area (Å²) in [6.45, 7) is 2.21. The van der Waals surface area contributed by atoms with E-state index in [9.17, 15) is 4.79 Å². The first-order chi connectivity index (χ1) is 9.26. The van der Waals surface area contributed by atoms with Crippen molar-refractivity contribution in [3.05, 3.63) is 18.1 Å². The minimum atomic E-state index is 0.247. The monoisotopic (exact) mass is 264 g/mol. The molecule has 1 heterocycles. The number of ketones is 1. The maximum atomic E-state index is 11.8. The lowest BCUT2D eigenvalue weighted by Gasteiger charge is -2.03. The van der Waals surface area contributed by atoms with Crippen LogP contribution in [0.1, 0.15) is 57.6 Å². The van der Waals surface area contributed by atoms with Crippen LogP contribution in [0.5, 0.6) is 5.88 Å². The first-order valence-electron chi connectivity index (χ1n) is 7.13. The molecule has 0 amide bonds. The molecule has 0 atom stereocenters. The third-order valence-corrected chi connectivity index (χ3v) is 3.10. The number of carbonyl (C=O) groups is 1. The molecule has 0 spiro atoms. The van der Waals surface area contributed by atoms with Crippen molar-refractivity contribution in [1.29, 1.82) is 0 Å². The van der Waals surface area contributed by atoms with Gasteiger partial charge in [0, 0.05) is 18.9 Å². The predicted molar refractivity (Wildman–Crippen MR) is 75.3 cm³/mol. The van der Waals surface area contributed by atoms with Crippen LogP contribution in [-0.2, 0) is 11.2 Å². The van der Waals surface area contributed by atoms with Gasteiger partial charge in [0.1, 0.15) is 12.1 Å². The van der Waals surface area contributed by atoms with E-state index in [1.165, 1.54) is 32.0 Å². The Labute approximate surface area is 115 Å². The van der Waals surface area contributed by atoms with E-state index in [0.717, 1.165) is 18.5 Å². The maximum absolute atomic E-state index is 11.8. The highest BCUT2D eigenvalue weighted by atomic mass is 16.5. The van der Waals surface area contributed by atoms with Crippen LogP contribution in [0.25, 0.3) is 0 Å². The zero-order chi connectivity index (χ0) is 13.9. The molecule has 1 rings (SSSR count). The molecule has 4 nitrogen and oxygen atoms in total. The zero-order valence-corrected chi connectivity index (χ0v) is 12.0. The van der Waals surface area contributed by atoms with Crippen LogP contribution in [-0.4, -0.2) is 22.9 Å². The molecule has 0 bridgehead atoms.